The molecule has 1 aliphatic carbocycles. The quantitative estimate of drug-likeness (QED) is 0.669. The zero-order valence-corrected chi connectivity index (χ0v) is 13.9. The summed E-state index contributed by atoms with van der Waals surface area (Å²) in [5.41, 5.74) is 0.430. The van der Waals surface area contributed by atoms with Crippen molar-refractivity contribution >= 4 is 23.3 Å². The molecular weight excluding hydrogens is 314 g/mol. The monoisotopic (exact) mass is 331 g/mol. The third-order valence-electron chi connectivity index (χ3n) is 4.69. The number of methoxy groups -OCH3 is 1. The highest BCUT2D eigenvalue weighted by molar-refractivity contribution is 6.33. The van der Waals surface area contributed by atoms with Gasteiger partial charge in [0.2, 0.25) is 5.91 Å². The number of amides is 1. The van der Waals surface area contributed by atoms with Crippen LogP contribution in [0.15, 0.2) is 12.1 Å². The lowest BCUT2D eigenvalue weighted by Crippen LogP contribution is -2.43. The number of benzene rings is 1. The van der Waals surface area contributed by atoms with E-state index in [9.17, 15) is 9.59 Å². The molecule has 5 heteroatoms. The van der Waals surface area contributed by atoms with Crippen molar-refractivity contribution < 1.29 is 14.3 Å². The van der Waals surface area contributed by atoms with Gasteiger partial charge in [0.25, 0.3) is 0 Å². The van der Waals surface area contributed by atoms with Crippen molar-refractivity contribution in [2.24, 2.45) is 0 Å². The number of halogens is 1. The maximum absolute atomic E-state index is 12.9. The highest BCUT2D eigenvalue weighted by Crippen LogP contribution is 2.44. The molecule has 4 nitrogen and oxygen atoms in total. The van der Waals surface area contributed by atoms with Gasteiger partial charge >= 0.3 is 0 Å². The molecular formula is C18H18ClNO3. The Bertz CT molecular complexity index is 739. The van der Waals surface area contributed by atoms with Crippen LogP contribution >= 0.6 is 11.6 Å². The van der Waals surface area contributed by atoms with Crippen LogP contribution in [0.3, 0.4) is 0 Å². The van der Waals surface area contributed by atoms with Crippen molar-refractivity contribution in [2.75, 3.05) is 7.11 Å². The SMILES string of the molecule is CC#Cc1cc(Cl)c(C2C(=O)NC3(CCCC3)C2=O)c(OC)c1. The van der Waals surface area contributed by atoms with Gasteiger partial charge in [-0.15, -0.1) is 5.92 Å². The fraction of sp³-hybridized carbons (Fsp3) is 0.444. The molecule has 1 aromatic carbocycles. The molecule has 120 valence electrons. The van der Waals surface area contributed by atoms with Gasteiger partial charge in [0.1, 0.15) is 11.7 Å². The zero-order chi connectivity index (χ0) is 16.6. The fourth-order valence-electron chi connectivity index (χ4n) is 3.64. The predicted molar refractivity (Wildman–Crippen MR) is 87.6 cm³/mol. The standard InChI is InChI=1S/C18H18ClNO3/c1-3-6-11-9-12(19)14(13(10-11)23-2)15-16(21)18(20-17(15)22)7-4-5-8-18/h9-10,15H,4-5,7-8H2,1-2H3,(H,20,22). The summed E-state index contributed by atoms with van der Waals surface area (Å²) in [5, 5.41) is 3.25. The Hall–Kier alpha value is -1.99. The number of rotatable bonds is 2. The molecule has 1 aliphatic heterocycles. The lowest BCUT2D eigenvalue weighted by atomic mass is 9.85. The lowest BCUT2D eigenvalue weighted by molar-refractivity contribution is -0.125. The normalized spacial score (nSPS) is 22.0. The summed E-state index contributed by atoms with van der Waals surface area (Å²) in [4.78, 5) is 25.4. The van der Waals surface area contributed by atoms with E-state index in [0.29, 0.717) is 34.7 Å². The molecule has 3 rings (SSSR count). The number of carbonyl (C=O) groups excluding carboxylic acids is 2. The van der Waals surface area contributed by atoms with Gasteiger partial charge in [-0.1, -0.05) is 30.4 Å². The second-order valence-electron chi connectivity index (χ2n) is 6.02. The number of ether oxygens (including phenoxy) is 1. The number of hydrogen-bond donors (Lipinski definition) is 1. The first kappa shape index (κ1) is 15.9. The third-order valence-corrected chi connectivity index (χ3v) is 5.00. The van der Waals surface area contributed by atoms with Crippen molar-refractivity contribution in [1.82, 2.24) is 5.32 Å². The van der Waals surface area contributed by atoms with Crippen LogP contribution in [-0.2, 0) is 9.59 Å². The highest BCUT2D eigenvalue weighted by Gasteiger charge is 2.55. The van der Waals surface area contributed by atoms with E-state index in [4.69, 9.17) is 16.3 Å². The van der Waals surface area contributed by atoms with E-state index in [1.807, 2.05) is 0 Å². The molecule has 1 spiro atoms. The third kappa shape index (κ3) is 2.49. The highest BCUT2D eigenvalue weighted by atomic mass is 35.5. The van der Waals surface area contributed by atoms with Gasteiger partial charge in [0.05, 0.1) is 12.6 Å². The molecule has 23 heavy (non-hydrogen) atoms. The summed E-state index contributed by atoms with van der Waals surface area (Å²) in [6, 6.07) is 3.40. The Labute approximate surface area is 140 Å². The predicted octanol–water partition coefficient (Wildman–Crippen LogP) is 2.82. The van der Waals surface area contributed by atoms with Crippen molar-refractivity contribution in [2.45, 2.75) is 44.1 Å². The van der Waals surface area contributed by atoms with E-state index >= 15 is 0 Å². The van der Waals surface area contributed by atoms with Gasteiger partial charge in [0, 0.05) is 16.1 Å². The molecule has 1 unspecified atom stereocenters. The molecule has 1 aromatic rings. The maximum atomic E-state index is 12.9. The van der Waals surface area contributed by atoms with Crippen LogP contribution in [-0.4, -0.2) is 24.3 Å². The van der Waals surface area contributed by atoms with Gasteiger partial charge in [-0.25, -0.2) is 0 Å². The first-order chi connectivity index (χ1) is 11.0. The molecule has 1 heterocycles. The number of Topliss-reactive ketones (excluding diaryl/α,β-unsaturated/α-hetero) is 1. The van der Waals surface area contributed by atoms with Crippen molar-refractivity contribution in [3.8, 4) is 17.6 Å². The molecule has 2 fully saturated rings. The van der Waals surface area contributed by atoms with Crippen molar-refractivity contribution in [3.05, 3.63) is 28.3 Å². The Morgan fingerprint density at radius 1 is 1.30 bits per heavy atom. The molecule has 1 atom stereocenters. The van der Waals surface area contributed by atoms with Crippen LogP contribution in [0, 0.1) is 11.8 Å². The average molecular weight is 332 g/mol. The minimum atomic E-state index is -0.904. The largest absolute Gasteiger partial charge is 0.496 e. The minimum absolute atomic E-state index is 0.0884. The second-order valence-corrected chi connectivity index (χ2v) is 6.43. The second kappa shape index (κ2) is 5.90. The van der Waals surface area contributed by atoms with E-state index in [2.05, 4.69) is 17.2 Å². The molecule has 2 aliphatic rings. The lowest BCUT2D eigenvalue weighted by Gasteiger charge is -2.21. The van der Waals surface area contributed by atoms with E-state index < -0.39 is 11.5 Å². The van der Waals surface area contributed by atoms with Crippen LogP contribution in [0.5, 0.6) is 5.75 Å². The Morgan fingerprint density at radius 3 is 2.61 bits per heavy atom. The van der Waals surface area contributed by atoms with Crippen LogP contribution in [0.1, 0.15) is 49.7 Å². The van der Waals surface area contributed by atoms with Gasteiger partial charge in [-0.3, -0.25) is 9.59 Å². The summed E-state index contributed by atoms with van der Waals surface area (Å²) in [7, 11) is 1.50. The number of nitrogens with one attached hydrogen (secondary N) is 1. The van der Waals surface area contributed by atoms with Crippen molar-refractivity contribution in [1.29, 1.82) is 0 Å². The first-order valence-electron chi connectivity index (χ1n) is 7.69. The van der Waals surface area contributed by atoms with Crippen LogP contribution in [0.2, 0.25) is 5.02 Å². The number of carbonyl (C=O) groups is 2. The molecule has 1 saturated carbocycles. The fourth-order valence-corrected chi connectivity index (χ4v) is 3.96. The minimum Gasteiger partial charge on any atom is -0.496 e. The van der Waals surface area contributed by atoms with Crippen LogP contribution < -0.4 is 10.1 Å². The smallest absolute Gasteiger partial charge is 0.236 e. The van der Waals surface area contributed by atoms with E-state index in [1.165, 1.54) is 7.11 Å². The van der Waals surface area contributed by atoms with Gasteiger partial charge in [-0.2, -0.15) is 0 Å². The number of ketones is 1. The zero-order valence-electron chi connectivity index (χ0n) is 13.2. The molecule has 0 bridgehead atoms. The maximum Gasteiger partial charge on any atom is 0.236 e. The van der Waals surface area contributed by atoms with E-state index in [-0.39, 0.29) is 11.7 Å². The molecule has 1 saturated heterocycles. The summed E-state index contributed by atoms with van der Waals surface area (Å²) in [5.74, 6) is 4.86. The Morgan fingerprint density at radius 2 is 2.00 bits per heavy atom. The molecule has 1 amide bonds. The van der Waals surface area contributed by atoms with Gasteiger partial charge in [-0.05, 0) is 31.9 Å². The van der Waals surface area contributed by atoms with Crippen LogP contribution in [0.4, 0.5) is 0 Å². The summed E-state index contributed by atoms with van der Waals surface area (Å²) < 4.78 is 5.39. The number of hydrogen-bond acceptors (Lipinski definition) is 3. The molecule has 0 aromatic heterocycles. The molecule has 1 N–H and O–H groups in total. The van der Waals surface area contributed by atoms with E-state index in [1.54, 1.807) is 19.1 Å². The van der Waals surface area contributed by atoms with Crippen molar-refractivity contribution in [3.63, 3.8) is 0 Å². The Balaban J connectivity index is 2.09. The van der Waals surface area contributed by atoms with Crippen LogP contribution in [0.25, 0.3) is 0 Å². The summed E-state index contributed by atoms with van der Waals surface area (Å²) in [6.07, 6.45) is 3.31. The Kier molecular flexibility index (Phi) is 4.08. The van der Waals surface area contributed by atoms with Gasteiger partial charge in [0.15, 0.2) is 5.78 Å². The average Bonchev–Trinajstić information content (AvgIpc) is 3.07. The van der Waals surface area contributed by atoms with E-state index in [0.717, 1.165) is 12.8 Å². The molecule has 0 radical (unpaired) electrons. The summed E-state index contributed by atoms with van der Waals surface area (Å²) >= 11 is 6.37. The first-order valence-corrected chi connectivity index (χ1v) is 8.07. The topological polar surface area (TPSA) is 55.4 Å². The summed E-state index contributed by atoms with van der Waals surface area (Å²) in [6.45, 7) is 1.73. The van der Waals surface area contributed by atoms with Gasteiger partial charge < -0.3 is 10.1 Å².